The summed E-state index contributed by atoms with van der Waals surface area (Å²) in [4.78, 5) is 16.4. The highest BCUT2D eigenvalue weighted by molar-refractivity contribution is 5.99. The standard InChI is InChI=1S/C16H15F2N3O/c17-9-16(6-7-16)13(22)14-19-15-11(18)8-12(21(15)20-14)10-4-2-1-3-5-10/h1-5,11-12H,6-9H2. The van der Waals surface area contributed by atoms with Crippen LogP contribution in [0.25, 0.3) is 0 Å². The number of hydrogen-bond donors (Lipinski definition) is 0. The van der Waals surface area contributed by atoms with Gasteiger partial charge in [0.1, 0.15) is 6.67 Å². The predicted molar refractivity (Wildman–Crippen MR) is 75.0 cm³/mol. The number of fused-ring (bicyclic) bond motifs is 1. The van der Waals surface area contributed by atoms with E-state index in [1.807, 2.05) is 30.3 Å². The molecule has 114 valence electrons. The van der Waals surface area contributed by atoms with Crippen LogP contribution in [-0.4, -0.2) is 27.2 Å². The third-order valence-electron chi connectivity index (χ3n) is 4.64. The van der Waals surface area contributed by atoms with Crippen molar-refractivity contribution in [1.82, 2.24) is 14.8 Å². The number of benzene rings is 1. The second-order valence-corrected chi connectivity index (χ2v) is 6.11. The molecule has 0 radical (unpaired) electrons. The monoisotopic (exact) mass is 303 g/mol. The van der Waals surface area contributed by atoms with Gasteiger partial charge in [0.25, 0.3) is 0 Å². The molecule has 1 fully saturated rings. The van der Waals surface area contributed by atoms with Crippen LogP contribution in [0.2, 0.25) is 0 Å². The third-order valence-corrected chi connectivity index (χ3v) is 4.64. The Morgan fingerprint density at radius 2 is 2.05 bits per heavy atom. The topological polar surface area (TPSA) is 47.8 Å². The summed E-state index contributed by atoms with van der Waals surface area (Å²) in [5.41, 5.74) is -0.0177. The summed E-state index contributed by atoms with van der Waals surface area (Å²) >= 11 is 0. The van der Waals surface area contributed by atoms with Gasteiger partial charge in [0.15, 0.2) is 12.0 Å². The van der Waals surface area contributed by atoms with Crippen molar-refractivity contribution in [1.29, 1.82) is 0 Å². The molecular weight excluding hydrogens is 288 g/mol. The van der Waals surface area contributed by atoms with Crippen molar-refractivity contribution in [3.05, 3.63) is 47.5 Å². The van der Waals surface area contributed by atoms with Gasteiger partial charge in [-0.05, 0) is 18.4 Å². The molecule has 1 aromatic carbocycles. The first-order valence-electron chi connectivity index (χ1n) is 7.41. The van der Waals surface area contributed by atoms with E-state index in [0.29, 0.717) is 12.8 Å². The van der Waals surface area contributed by atoms with E-state index in [9.17, 15) is 13.6 Å². The molecule has 1 aromatic heterocycles. The number of aromatic nitrogens is 3. The van der Waals surface area contributed by atoms with Crippen LogP contribution in [0.5, 0.6) is 0 Å². The number of carbonyl (C=O) groups is 1. The van der Waals surface area contributed by atoms with Gasteiger partial charge in [-0.1, -0.05) is 30.3 Å². The predicted octanol–water partition coefficient (Wildman–Crippen LogP) is 3.21. The lowest BCUT2D eigenvalue weighted by molar-refractivity contribution is 0.0864. The maximum Gasteiger partial charge on any atom is 0.218 e. The van der Waals surface area contributed by atoms with Gasteiger partial charge in [0, 0.05) is 6.42 Å². The third kappa shape index (κ3) is 1.90. The molecule has 0 N–H and O–H groups in total. The molecule has 0 amide bonds. The lowest BCUT2D eigenvalue weighted by Gasteiger charge is -2.11. The van der Waals surface area contributed by atoms with E-state index in [0.717, 1.165) is 5.56 Å². The van der Waals surface area contributed by atoms with Gasteiger partial charge < -0.3 is 0 Å². The van der Waals surface area contributed by atoms with E-state index in [2.05, 4.69) is 10.1 Å². The highest BCUT2D eigenvalue weighted by Gasteiger charge is 2.52. The van der Waals surface area contributed by atoms with Gasteiger partial charge >= 0.3 is 0 Å². The van der Waals surface area contributed by atoms with Crippen molar-refractivity contribution < 1.29 is 13.6 Å². The molecule has 2 aromatic rings. The SMILES string of the molecule is O=C(c1nc2n(n1)C(c1ccccc1)CC2F)C1(CF)CC1. The quantitative estimate of drug-likeness (QED) is 0.815. The van der Waals surface area contributed by atoms with Crippen LogP contribution >= 0.6 is 0 Å². The van der Waals surface area contributed by atoms with E-state index < -0.39 is 24.0 Å². The van der Waals surface area contributed by atoms with Crippen LogP contribution in [0, 0.1) is 5.41 Å². The number of Topliss-reactive ketones (excluding diaryl/α,β-unsaturated/α-hetero) is 1. The summed E-state index contributed by atoms with van der Waals surface area (Å²) in [5, 5.41) is 4.20. The summed E-state index contributed by atoms with van der Waals surface area (Å²) in [7, 11) is 0. The maximum absolute atomic E-state index is 14.2. The molecule has 2 aliphatic rings. The molecule has 2 heterocycles. The van der Waals surface area contributed by atoms with Crippen LogP contribution in [0.1, 0.15) is 53.5 Å². The van der Waals surface area contributed by atoms with E-state index in [-0.39, 0.29) is 24.1 Å². The van der Waals surface area contributed by atoms with Crippen molar-refractivity contribution in [3.8, 4) is 0 Å². The van der Waals surface area contributed by atoms with E-state index >= 15 is 0 Å². The Kier molecular flexibility index (Phi) is 2.89. The van der Waals surface area contributed by atoms with Gasteiger partial charge in [-0.15, -0.1) is 5.10 Å². The molecule has 1 saturated carbocycles. The minimum atomic E-state index is -1.25. The van der Waals surface area contributed by atoms with Crippen LogP contribution in [0.3, 0.4) is 0 Å². The summed E-state index contributed by atoms with van der Waals surface area (Å²) in [6.07, 6.45) is 0.0582. The fourth-order valence-corrected chi connectivity index (χ4v) is 3.04. The van der Waals surface area contributed by atoms with E-state index in [1.165, 1.54) is 4.68 Å². The smallest absolute Gasteiger partial charge is 0.218 e. The van der Waals surface area contributed by atoms with Crippen molar-refractivity contribution in [2.75, 3.05) is 6.67 Å². The first-order valence-corrected chi connectivity index (χ1v) is 7.41. The summed E-state index contributed by atoms with van der Waals surface area (Å²) in [5.74, 6) is -0.267. The molecule has 1 aliphatic heterocycles. The lowest BCUT2D eigenvalue weighted by atomic mass is 10.0. The Morgan fingerprint density at radius 3 is 2.68 bits per heavy atom. The number of carbonyl (C=O) groups excluding carboxylic acids is 1. The zero-order valence-corrected chi connectivity index (χ0v) is 11.9. The Bertz CT molecular complexity index is 724. The van der Waals surface area contributed by atoms with Crippen molar-refractivity contribution in [2.24, 2.45) is 5.41 Å². The van der Waals surface area contributed by atoms with Gasteiger partial charge in [-0.3, -0.25) is 4.79 Å². The number of ketones is 1. The minimum Gasteiger partial charge on any atom is -0.290 e. The van der Waals surface area contributed by atoms with Crippen molar-refractivity contribution in [3.63, 3.8) is 0 Å². The minimum absolute atomic E-state index is 0.0477. The number of halogens is 2. The van der Waals surface area contributed by atoms with Crippen molar-refractivity contribution in [2.45, 2.75) is 31.5 Å². The van der Waals surface area contributed by atoms with Gasteiger partial charge in [-0.2, -0.15) is 0 Å². The Balaban J connectivity index is 1.71. The Hall–Kier alpha value is -2.11. The molecule has 4 nitrogen and oxygen atoms in total. The fraction of sp³-hybridized carbons (Fsp3) is 0.438. The second-order valence-electron chi connectivity index (χ2n) is 6.11. The van der Waals surface area contributed by atoms with Crippen LogP contribution in [-0.2, 0) is 0 Å². The molecule has 2 atom stereocenters. The Labute approximate surface area is 126 Å². The zero-order valence-electron chi connectivity index (χ0n) is 11.9. The van der Waals surface area contributed by atoms with Gasteiger partial charge in [0.2, 0.25) is 11.6 Å². The molecule has 4 rings (SSSR count). The summed E-state index contributed by atoms with van der Waals surface area (Å²) < 4.78 is 28.7. The summed E-state index contributed by atoms with van der Waals surface area (Å²) in [6, 6.07) is 9.19. The first kappa shape index (κ1) is 13.5. The van der Waals surface area contributed by atoms with Crippen molar-refractivity contribution >= 4 is 5.78 Å². The number of hydrogen-bond acceptors (Lipinski definition) is 3. The van der Waals surface area contributed by atoms with Crippen LogP contribution in [0.15, 0.2) is 30.3 Å². The fourth-order valence-electron chi connectivity index (χ4n) is 3.04. The van der Waals surface area contributed by atoms with E-state index in [4.69, 9.17) is 0 Å². The van der Waals surface area contributed by atoms with E-state index in [1.54, 1.807) is 0 Å². The zero-order chi connectivity index (χ0) is 15.3. The van der Waals surface area contributed by atoms with Crippen LogP contribution in [0.4, 0.5) is 8.78 Å². The number of rotatable bonds is 4. The van der Waals surface area contributed by atoms with Gasteiger partial charge in [0.05, 0.1) is 11.5 Å². The molecule has 0 saturated heterocycles. The molecule has 0 bridgehead atoms. The molecule has 2 unspecified atom stereocenters. The largest absolute Gasteiger partial charge is 0.290 e. The van der Waals surface area contributed by atoms with Crippen LogP contribution < -0.4 is 0 Å². The molecule has 22 heavy (non-hydrogen) atoms. The van der Waals surface area contributed by atoms with Gasteiger partial charge in [-0.25, -0.2) is 18.4 Å². The Morgan fingerprint density at radius 1 is 1.32 bits per heavy atom. The first-order chi connectivity index (χ1) is 10.6. The highest BCUT2D eigenvalue weighted by atomic mass is 19.1. The number of nitrogens with zero attached hydrogens (tertiary/aromatic N) is 3. The average molecular weight is 303 g/mol. The summed E-state index contributed by atoms with van der Waals surface area (Å²) in [6.45, 7) is -0.698. The number of alkyl halides is 2. The second kappa shape index (κ2) is 4.69. The molecule has 6 heteroatoms. The lowest BCUT2D eigenvalue weighted by Crippen LogP contribution is -2.20. The highest BCUT2D eigenvalue weighted by Crippen LogP contribution is 2.48. The molecule has 0 spiro atoms. The average Bonchev–Trinajstić information content (AvgIpc) is 3.13. The maximum atomic E-state index is 14.2. The molecule has 1 aliphatic carbocycles. The molecular formula is C16H15F2N3O. The normalized spacial score (nSPS) is 25.0.